The second-order valence-corrected chi connectivity index (χ2v) is 7.20. The van der Waals surface area contributed by atoms with E-state index in [0.29, 0.717) is 4.41 Å². The molecule has 0 spiro atoms. The summed E-state index contributed by atoms with van der Waals surface area (Å²) in [4.78, 5) is 23.9. The fraction of sp³-hybridized carbons (Fsp3) is 0.176. The van der Waals surface area contributed by atoms with E-state index < -0.39 is 21.8 Å². The smallest absolute Gasteiger partial charge is 0.272 e. The average Bonchev–Trinajstić information content (AvgIpc) is 2.53. The number of nitrogens with zero attached hydrogens (tertiary/aromatic N) is 1. The van der Waals surface area contributed by atoms with Gasteiger partial charge in [0, 0.05) is 12.5 Å². The summed E-state index contributed by atoms with van der Waals surface area (Å²) in [5, 5.41) is 0. The van der Waals surface area contributed by atoms with Crippen LogP contribution >= 0.6 is 0 Å². The van der Waals surface area contributed by atoms with Crippen molar-refractivity contribution in [2.45, 2.75) is 25.7 Å². The van der Waals surface area contributed by atoms with Crippen molar-refractivity contribution in [3.63, 3.8) is 0 Å². The molecule has 0 unspecified atom stereocenters. The highest BCUT2D eigenvalue weighted by Crippen LogP contribution is 2.15. The number of rotatable bonds is 3. The van der Waals surface area contributed by atoms with Crippen LogP contribution in [-0.2, 0) is 14.8 Å². The summed E-state index contributed by atoms with van der Waals surface area (Å²) >= 11 is 0. The van der Waals surface area contributed by atoms with Crippen LogP contribution in [0.3, 0.4) is 0 Å². The Morgan fingerprint density at radius 1 is 0.875 bits per heavy atom. The Balaban J connectivity index is 2.32. The quantitative estimate of drug-likeness (QED) is 0.864. The fourth-order valence-electron chi connectivity index (χ4n) is 1.99. The van der Waals surface area contributed by atoms with Gasteiger partial charge in [-0.2, -0.15) is 8.42 Å². The highest BCUT2D eigenvalue weighted by molar-refractivity contribution is 7.89. The monoisotopic (exact) mass is 346 g/mol. The Kier molecular flexibility index (Phi) is 5.04. The molecule has 0 aliphatic carbocycles. The summed E-state index contributed by atoms with van der Waals surface area (Å²) < 4.78 is 25.6. The SMILES string of the molecule is CC(=O)N(NC(=O)c1ccc(C)cc1)S(=O)(=O)c1ccc(C)cc1. The van der Waals surface area contributed by atoms with Crippen LogP contribution in [0.2, 0.25) is 0 Å². The number of amides is 2. The van der Waals surface area contributed by atoms with E-state index in [1.54, 1.807) is 36.4 Å². The molecule has 2 amide bonds. The second kappa shape index (κ2) is 6.84. The van der Waals surface area contributed by atoms with Crippen molar-refractivity contribution in [3.05, 3.63) is 65.2 Å². The average molecular weight is 346 g/mol. The zero-order valence-corrected chi connectivity index (χ0v) is 14.4. The first-order valence-corrected chi connectivity index (χ1v) is 8.66. The van der Waals surface area contributed by atoms with E-state index in [-0.39, 0.29) is 10.5 Å². The molecule has 7 heteroatoms. The van der Waals surface area contributed by atoms with Crippen LogP contribution in [0.1, 0.15) is 28.4 Å². The third kappa shape index (κ3) is 3.80. The number of carbonyl (C=O) groups excluding carboxylic acids is 2. The zero-order valence-electron chi connectivity index (χ0n) is 13.6. The Morgan fingerprint density at radius 3 is 1.79 bits per heavy atom. The Hall–Kier alpha value is -2.67. The molecule has 0 bridgehead atoms. The number of carbonyl (C=O) groups is 2. The van der Waals surface area contributed by atoms with Gasteiger partial charge in [0.25, 0.3) is 21.8 Å². The van der Waals surface area contributed by atoms with Gasteiger partial charge in [0.1, 0.15) is 0 Å². The molecule has 0 atom stereocenters. The molecular formula is C17H18N2O4S. The molecule has 0 aromatic heterocycles. The van der Waals surface area contributed by atoms with Gasteiger partial charge in [0.2, 0.25) is 0 Å². The molecule has 1 N–H and O–H groups in total. The molecule has 2 rings (SSSR count). The first-order chi connectivity index (χ1) is 11.2. The van der Waals surface area contributed by atoms with Crippen molar-refractivity contribution in [2.24, 2.45) is 0 Å². The Bertz CT molecular complexity index is 856. The third-order valence-electron chi connectivity index (χ3n) is 3.36. The molecule has 0 heterocycles. The van der Waals surface area contributed by atoms with E-state index in [0.717, 1.165) is 18.1 Å². The summed E-state index contributed by atoms with van der Waals surface area (Å²) in [6.07, 6.45) is 0. The lowest BCUT2D eigenvalue weighted by atomic mass is 10.1. The van der Waals surface area contributed by atoms with Crippen LogP contribution in [0.4, 0.5) is 0 Å². The predicted molar refractivity (Wildman–Crippen MR) is 89.5 cm³/mol. The Morgan fingerprint density at radius 2 is 1.33 bits per heavy atom. The van der Waals surface area contributed by atoms with Crippen molar-refractivity contribution < 1.29 is 18.0 Å². The van der Waals surface area contributed by atoms with E-state index in [4.69, 9.17) is 0 Å². The number of hydrogen-bond donors (Lipinski definition) is 1. The molecule has 0 saturated carbocycles. The summed E-state index contributed by atoms with van der Waals surface area (Å²) in [5.41, 5.74) is 4.26. The van der Waals surface area contributed by atoms with Crippen LogP contribution in [0.25, 0.3) is 0 Å². The van der Waals surface area contributed by atoms with Gasteiger partial charge in [-0.1, -0.05) is 35.4 Å². The van der Waals surface area contributed by atoms with Gasteiger partial charge in [-0.25, -0.2) is 5.43 Å². The standard InChI is InChI=1S/C17H18N2O4S/c1-12-4-8-15(9-5-12)17(21)18-19(14(3)20)24(22,23)16-10-6-13(2)7-11-16/h4-11H,1-3H3,(H,18,21). The molecule has 0 aliphatic rings. The summed E-state index contributed by atoms with van der Waals surface area (Å²) in [5.74, 6) is -1.49. The summed E-state index contributed by atoms with van der Waals surface area (Å²) in [7, 11) is -4.18. The minimum Gasteiger partial charge on any atom is -0.272 e. The lowest BCUT2D eigenvalue weighted by molar-refractivity contribution is -0.125. The number of aryl methyl sites for hydroxylation is 2. The van der Waals surface area contributed by atoms with Crippen LogP contribution in [0.15, 0.2) is 53.4 Å². The number of sulfonamides is 1. The van der Waals surface area contributed by atoms with E-state index in [1.165, 1.54) is 12.1 Å². The second-order valence-electron chi connectivity index (χ2n) is 5.41. The molecule has 2 aromatic rings. The van der Waals surface area contributed by atoms with Crippen LogP contribution < -0.4 is 5.43 Å². The van der Waals surface area contributed by atoms with Crippen molar-refractivity contribution in [3.8, 4) is 0 Å². The highest BCUT2D eigenvalue weighted by Gasteiger charge is 2.29. The van der Waals surface area contributed by atoms with Gasteiger partial charge in [-0.3, -0.25) is 9.59 Å². The Labute approximate surface area is 141 Å². The first kappa shape index (κ1) is 17.7. The normalized spacial score (nSPS) is 11.0. The lowest BCUT2D eigenvalue weighted by Crippen LogP contribution is -2.48. The van der Waals surface area contributed by atoms with E-state index in [1.807, 2.05) is 13.8 Å². The van der Waals surface area contributed by atoms with Crippen molar-refractivity contribution in [1.29, 1.82) is 0 Å². The minimum absolute atomic E-state index is 0.0764. The van der Waals surface area contributed by atoms with Crippen LogP contribution in [-0.4, -0.2) is 24.6 Å². The molecule has 24 heavy (non-hydrogen) atoms. The summed E-state index contributed by atoms with van der Waals surface area (Å²) in [6, 6.07) is 12.6. The maximum absolute atomic E-state index is 12.6. The minimum atomic E-state index is -4.18. The topological polar surface area (TPSA) is 83.6 Å². The predicted octanol–water partition coefficient (Wildman–Crippen LogP) is 2.19. The van der Waals surface area contributed by atoms with Crippen molar-refractivity contribution in [1.82, 2.24) is 9.84 Å². The van der Waals surface area contributed by atoms with Gasteiger partial charge in [0.05, 0.1) is 4.90 Å². The van der Waals surface area contributed by atoms with Crippen LogP contribution in [0.5, 0.6) is 0 Å². The molecular weight excluding hydrogens is 328 g/mol. The van der Waals surface area contributed by atoms with Gasteiger partial charge in [-0.05, 0) is 38.1 Å². The number of hydrogen-bond acceptors (Lipinski definition) is 4. The molecule has 126 valence electrons. The maximum Gasteiger partial charge on any atom is 0.284 e. The fourth-order valence-corrected chi connectivity index (χ4v) is 3.22. The van der Waals surface area contributed by atoms with Crippen LogP contribution in [0, 0.1) is 13.8 Å². The van der Waals surface area contributed by atoms with Gasteiger partial charge in [-0.15, -0.1) is 4.41 Å². The molecule has 0 fully saturated rings. The number of benzene rings is 2. The van der Waals surface area contributed by atoms with Crippen molar-refractivity contribution >= 4 is 21.8 Å². The van der Waals surface area contributed by atoms with E-state index in [9.17, 15) is 18.0 Å². The molecule has 0 aliphatic heterocycles. The molecule has 0 radical (unpaired) electrons. The largest absolute Gasteiger partial charge is 0.284 e. The highest BCUT2D eigenvalue weighted by atomic mass is 32.2. The van der Waals surface area contributed by atoms with Gasteiger partial charge < -0.3 is 0 Å². The van der Waals surface area contributed by atoms with E-state index in [2.05, 4.69) is 5.43 Å². The molecule has 0 saturated heterocycles. The van der Waals surface area contributed by atoms with E-state index >= 15 is 0 Å². The van der Waals surface area contributed by atoms with Crippen molar-refractivity contribution in [2.75, 3.05) is 0 Å². The summed E-state index contributed by atoms with van der Waals surface area (Å²) in [6.45, 7) is 4.75. The third-order valence-corrected chi connectivity index (χ3v) is 5.06. The molecule has 2 aromatic carbocycles. The van der Waals surface area contributed by atoms with Gasteiger partial charge in [0.15, 0.2) is 0 Å². The molecule has 6 nitrogen and oxygen atoms in total. The maximum atomic E-state index is 12.6. The van der Waals surface area contributed by atoms with Gasteiger partial charge >= 0.3 is 0 Å². The first-order valence-electron chi connectivity index (χ1n) is 7.22. The number of nitrogens with one attached hydrogen (secondary N) is 1. The lowest BCUT2D eigenvalue weighted by Gasteiger charge is -2.21. The number of hydrazine groups is 1. The zero-order chi connectivity index (χ0) is 17.9.